The fourth-order valence-corrected chi connectivity index (χ4v) is 5.98. The van der Waals surface area contributed by atoms with Gasteiger partial charge in [-0.15, -0.1) is 0 Å². The van der Waals surface area contributed by atoms with E-state index in [2.05, 4.69) is 47.9 Å². The highest BCUT2D eigenvalue weighted by molar-refractivity contribution is 6.02. The number of hydrogen-bond acceptors (Lipinski definition) is 9. The van der Waals surface area contributed by atoms with Crippen LogP contribution >= 0.6 is 0 Å². The van der Waals surface area contributed by atoms with E-state index >= 15 is 0 Å². The summed E-state index contributed by atoms with van der Waals surface area (Å²) in [5.74, 6) is 0. The number of carbonyl (C=O) groups excluding carboxylic acids is 6. The summed E-state index contributed by atoms with van der Waals surface area (Å²) in [5.41, 5.74) is 5.69. The van der Waals surface area contributed by atoms with Gasteiger partial charge in [-0.2, -0.15) is 0 Å². The maximum absolute atomic E-state index is 13.4. The van der Waals surface area contributed by atoms with Crippen LogP contribution < -0.4 is 47.9 Å². The van der Waals surface area contributed by atoms with Gasteiger partial charge in [0.15, 0.2) is 6.10 Å². The number of rotatable bonds is 14. The smallest absolute Gasteiger partial charge is 0.412 e. The van der Waals surface area contributed by atoms with Crippen molar-refractivity contribution in [3.05, 3.63) is 162 Å². The van der Waals surface area contributed by atoms with Gasteiger partial charge < -0.3 is 46.1 Å². The van der Waals surface area contributed by atoms with Crippen molar-refractivity contribution in [3.8, 4) is 0 Å². The molecule has 66 heavy (non-hydrogen) atoms. The summed E-state index contributed by atoms with van der Waals surface area (Å²) in [6, 6.07) is 39.6. The SMILES string of the molecule is Cc1ccc(NC(=O)Nc2ccccc2)cc1NC(=O)OCC(COC(=O)Nc1cc(NC(=O)Nc2ccccc2)ccc1C)OC(=O)Nc1cc(NC(=O)Nc2ccccc2)ccc1C. The van der Waals surface area contributed by atoms with Crippen molar-refractivity contribution in [1.82, 2.24) is 0 Å². The summed E-state index contributed by atoms with van der Waals surface area (Å²) < 4.78 is 16.5. The van der Waals surface area contributed by atoms with Crippen LogP contribution in [0.2, 0.25) is 0 Å². The predicted octanol–water partition coefficient (Wildman–Crippen LogP) is 11.0. The highest BCUT2D eigenvalue weighted by Crippen LogP contribution is 2.24. The van der Waals surface area contributed by atoms with E-state index in [1.165, 1.54) is 18.2 Å². The van der Waals surface area contributed by atoms with Crippen LogP contribution in [0, 0.1) is 20.8 Å². The number of nitrogens with one attached hydrogen (secondary N) is 9. The van der Waals surface area contributed by atoms with Crippen molar-refractivity contribution in [2.24, 2.45) is 0 Å². The number of anilines is 9. The van der Waals surface area contributed by atoms with E-state index in [-0.39, 0.29) is 5.69 Å². The van der Waals surface area contributed by atoms with Crippen molar-refractivity contribution < 1.29 is 43.0 Å². The molecule has 9 amide bonds. The molecule has 0 aliphatic carbocycles. The quantitative estimate of drug-likeness (QED) is 0.0472. The Kier molecular flexibility index (Phi) is 16.1. The zero-order valence-corrected chi connectivity index (χ0v) is 36.0. The van der Waals surface area contributed by atoms with Gasteiger partial charge >= 0.3 is 36.4 Å². The van der Waals surface area contributed by atoms with Gasteiger partial charge in [0, 0.05) is 51.2 Å². The molecule has 0 spiro atoms. The molecule has 0 aromatic heterocycles. The Labute approximate surface area is 379 Å². The lowest BCUT2D eigenvalue weighted by atomic mass is 10.2. The third-order valence-electron chi connectivity index (χ3n) is 9.37. The van der Waals surface area contributed by atoms with Crippen LogP contribution in [0.3, 0.4) is 0 Å². The molecule has 18 heteroatoms. The molecule has 0 fully saturated rings. The van der Waals surface area contributed by atoms with Gasteiger partial charge in [-0.05, 0) is 110 Å². The summed E-state index contributed by atoms with van der Waals surface area (Å²) in [4.78, 5) is 77.5. The molecule has 6 aromatic rings. The van der Waals surface area contributed by atoms with E-state index in [9.17, 15) is 28.8 Å². The summed E-state index contributed by atoms with van der Waals surface area (Å²) >= 11 is 0. The number of carbonyl (C=O) groups is 6. The lowest BCUT2D eigenvalue weighted by molar-refractivity contribution is 0.0176. The number of aryl methyl sites for hydroxylation is 3. The lowest BCUT2D eigenvalue weighted by Gasteiger charge is -2.20. The maximum atomic E-state index is 13.4. The second kappa shape index (κ2) is 22.9. The summed E-state index contributed by atoms with van der Waals surface area (Å²) in [7, 11) is 0. The van der Waals surface area contributed by atoms with E-state index in [0.717, 1.165) is 0 Å². The predicted molar refractivity (Wildman–Crippen MR) is 255 cm³/mol. The van der Waals surface area contributed by atoms with Crippen LogP contribution in [0.25, 0.3) is 0 Å². The topological polar surface area (TPSA) is 238 Å². The average molecular weight is 894 g/mol. The van der Waals surface area contributed by atoms with Crippen molar-refractivity contribution in [1.29, 1.82) is 0 Å². The van der Waals surface area contributed by atoms with Gasteiger partial charge in [0.25, 0.3) is 0 Å². The van der Waals surface area contributed by atoms with Gasteiger partial charge in [0.1, 0.15) is 13.2 Å². The first kappa shape index (κ1) is 46.4. The van der Waals surface area contributed by atoms with Crippen LogP contribution in [0.1, 0.15) is 16.7 Å². The molecule has 18 nitrogen and oxygen atoms in total. The van der Waals surface area contributed by atoms with Crippen molar-refractivity contribution in [2.45, 2.75) is 26.9 Å². The highest BCUT2D eigenvalue weighted by Gasteiger charge is 2.22. The Bertz CT molecular complexity index is 2550. The average Bonchev–Trinajstić information content (AvgIpc) is 3.29. The highest BCUT2D eigenvalue weighted by atomic mass is 16.6. The molecule has 6 aromatic carbocycles. The van der Waals surface area contributed by atoms with E-state index in [1.54, 1.807) is 130 Å². The summed E-state index contributed by atoms with van der Waals surface area (Å²) in [6.07, 6.45) is -4.22. The Morgan fingerprint density at radius 1 is 0.364 bits per heavy atom. The first-order valence-corrected chi connectivity index (χ1v) is 20.4. The lowest BCUT2D eigenvalue weighted by Crippen LogP contribution is -2.34. The minimum Gasteiger partial charge on any atom is -0.445 e. The minimum atomic E-state index is -1.34. The number of ether oxygens (including phenoxy) is 3. The standard InChI is InChI=1S/C48H47N9O9/c1-30-19-22-36(52-43(58)49-33-13-7-4-8-14-33)25-40(30)55-46(61)64-28-39(66-48(63)57-42-27-38(24-21-32(42)3)54-45(60)51-35-17-11-6-12-18-35)29-65-47(62)56-41-26-37(23-20-31(41)2)53-44(59)50-34-15-9-5-10-16-34/h4-27,39H,28-29H2,1-3H3,(H,55,61)(H,56,62)(H,57,63)(H2,49,52,58)(H2,50,53,59)(H2,51,54,60). The molecule has 338 valence electrons. The molecule has 9 N–H and O–H groups in total. The van der Waals surface area contributed by atoms with E-state index in [4.69, 9.17) is 14.2 Å². The Morgan fingerprint density at radius 3 is 0.970 bits per heavy atom. The molecule has 6 rings (SSSR count). The third-order valence-corrected chi connectivity index (χ3v) is 9.37. The first-order valence-electron chi connectivity index (χ1n) is 20.4. The Balaban J connectivity index is 1.09. The fraction of sp³-hybridized carbons (Fsp3) is 0.125. The van der Waals surface area contributed by atoms with Crippen LogP contribution in [0.5, 0.6) is 0 Å². The van der Waals surface area contributed by atoms with Crippen molar-refractivity contribution in [2.75, 3.05) is 61.1 Å². The Hall–Kier alpha value is -9.06. The normalized spacial score (nSPS) is 10.4. The Morgan fingerprint density at radius 2 is 0.652 bits per heavy atom. The molecular weight excluding hydrogens is 847 g/mol. The fourth-order valence-electron chi connectivity index (χ4n) is 5.98. The molecule has 0 atom stereocenters. The zero-order valence-electron chi connectivity index (χ0n) is 36.0. The van der Waals surface area contributed by atoms with Crippen molar-refractivity contribution >= 4 is 87.6 Å². The number of benzene rings is 6. The third kappa shape index (κ3) is 14.8. The molecule has 0 bridgehead atoms. The molecule has 0 saturated heterocycles. The number of amides is 9. The largest absolute Gasteiger partial charge is 0.445 e. The number of para-hydroxylation sites is 3. The van der Waals surface area contributed by atoms with Crippen LogP contribution in [-0.4, -0.2) is 55.7 Å². The number of urea groups is 3. The second-order valence-corrected chi connectivity index (χ2v) is 14.5. The van der Waals surface area contributed by atoms with Gasteiger partial charge in [-0.3, -0.25) is 16.0 Å². The molecule has 0 aliphatic rings. The van der Waals surface area contributed by atoms with E-state index in [0.29, 0.717) is 62.2 Å². The second-order valence-electron chi connectivity index (χ2n) is 14.5. The van der Waals surface area contributed by atoms with E-state index < -0.39 is 55.7 Å². The van der Waals surface area contributed by atoms with Gasteiger partial charge in [-0.25, -0.2) is 28.8 Å². The van der Waals surface area contributed by atoms with Crippen LogP contribution in [0.15, 0.2) is 146 Å². The molecule has 0 heterocycles. The van der Waals surface area contributed by atoms with Crippen LogP contribution in [-0.2, 0) is 14.2 Å². The summed E-state index contributed by atoms with van der Waals surface area (Å²) in [5, 5.41) is 24.1. The maximum Gasteiger partial charge on any atom is 0.412 e. The molecule has 0 radical (unpaired) electrons. The molecule has 0 unspecified atom stereocenters. The number of hydrogen-bond donors (Lipinski definition) is 9. The van der Waals surface area contributed by atoms with Crippen LogP contribution in [0.4, 0.5) is 80.0 Å². The molecular formula is C48H47N9O9. The van der Waals surface area contributed by atoms with Crippen molar-refractivity contribution in [3.63, 3.8) is 0 Å². The van der Waals surface area contributed by atoms with Gasteiger partial charge in [0.05, 0.1) is 0 Å². The van der Waals surface area contributed by atoms with Gasteiger partial charge in [0.2, 0.25) is 0 Å². The zero-order chi connectivity index (χ0) is 46.8. The van der Waals surface area contributed by atoms with Gasteiger partial charge in [-0.1, -0.05) is 72.8 Å². The first-order chi connectivity index (χ1) is 31.8. The van der Waals surface area contributed by atoms with E-state index in [1.807, 2.05) is 18.2 Å². The summed E-state index contributed by atoms with van der Waals surface area (Å²) in [6.45, 7) is 4.06. The molecule has 0 saturated carbocycles. The monoisotopic (exact) mass is 893 g/mol. The molecule has 0 aliphatic heterocycles. The minimum absolute atomic E-state index is 0.288.